The van der Waals surface area contributed by atoms with Gasteiger partial charge in [-0.3, -0.25) is 14.4 Å². The van der Waals surface area contributed by atoms with Gasteiger partial charge >= 0.3 is 6.18 Å². The van der Waals surface area contributed by atoms with Crippen LogP contribution < -0.4 is 25.8 Å². The SMILES string of the molecule is CCc1c(N2CCN(C(=O)c3cccc4c3NCCO4)CC2)c(=O)n2nc(C3=CCOCC3)nc2n1CC(=O)Nc1ccc(C(F)(F)F)cc1Cl. The molecule has 0 atom stereocenters. The molecule has 13 nitrogen and oxygen atoms in total. The number of rotatable bonds is 7. The number of aromatic nitrogens is 4. The quantitative estimate of drug-likeness (QED) is 0.285. The largest absolute Gasteiger partial charge is 0.490 e. The first-order valence-electron chi connectivity index (χ1n) is 16.5. The van der Waals surface area contributed by atoms with E-state index in [0.717, 1.165) is 23.8 Å². The number of carbonyl (C=O) groups is 2. The molecule has 51 heavy (non-hydrogen) atoms. The predicted molar refractivity (Wildman–Crippen MR) is 184 cm³/mol. The summed E-state index contributed by atoms with van der Waals surface area (Å²) < 4.78 is 53.5. The molecule has 1 saturated heterocycles. The molecule has 0 unspecified atom stereocenters. The summed E-state index contributed by atoms with van der Waals surface area (Å²) in [5.74, 6) is 0.331. The van der Waals surface area contributed by atoms with E-state index in [2.05, 4.69) is 20.7 Å². The van der Waals surface area contributed by atoms with Crippen molar-refractivity contribution in [2.24, 2.45) is 0 Å². The number of hydrogen-bond donors (Lipinski definition) is 2. The second kappa shape index (κ2) is 13.9. The smallest absolute Gasteiger partial charge is 0.416 e. The number of carbonyl (C=O) groups excluding carboxylic acids is 2. The average molecular weight is 727 g/mol. The summed E-state index contributed by atoms with van der Waals surface area (Å²) in [4.78, 5) is 49.7. The van der Waals surface area contributed by atoms with Crippen LogP contribution in [0.1, 0.15) is 40.8 Å². The number of amides is 2. The number of benzene rings is 2. The van der Waals surface area contributed by atoms with Crippen molar-refractivity contribution in [3.05, 3.63) is 80.5 Å². The van der Waals surface area contributed by atoms with Gasteiger partial charge in [0.2, 0.25) is 11.7 Å². The van der Waals surface area contributed by atoms with Crippen LogP contribution in [0, 0.1) is 0 Å². The van der Waals surface area contributed by atoms with Gasteiger partial charge in [-0.2, -0.15) is 22.7 Å². The van der Waals surface area contributed by atoms with E-state index in [1.807, 2.05) is 24.0 Å². The fourth-order valence-corrected chi connectivity index (χ4v) is 6.80. The number of fused-ring (bicyclic) bond motifs is 2. The number of anilines is 3. The van der Waals surface area contributed by atoms with E-state index in [-0.39, 0.29) is 28.9 Å². The zero-order valence-electron chi connectivity index (χ0n) is 27.6. The molecule has 0 saturated carbocycles. The molecule has 1 fully saturated rings. The van der Waals surface area contributed by atoms with Crippen LogP contribution in [0.3, 0.4) is 0 Å². The monoisotopic (exact) mass is 726 g/mol. The fraction of sp³-hybridized carbons (Fsp3) is 0.382. The minimum atomic E-state index is -4.60. The summed E-state index contributed by atoms with van der Waals surface area (Å²) in [5.41, 5.74) is 1.44. The van der Waals surface area contributed by atoms with E-state index in [9.17, 15) is 27.6 Å². The first-order valence-corrected chi connectivity index (χ1v) is 16.9. The van der Waals surface area contributed by atoms with Gasteiger partial charge in [-0.1, -0.05) is 30.7 Å². The minimum absolute atomic E-state index is 0.00162. The van der Waals surface area contributed by atoms with Gasteiger partial charge < -0.3 is 34.5 Å². The second-order valence-electron chi connectivity index (χ2n) is 12.2. The summed E-state index contributed by atoms with van der Waals surface area (Å²) in [6, 6.07) is 8.04. The molecule has 2 aromatic carbocycles. The summed E-state index contributed by atoms with van der Waals surface area (Å²) in [7, 11) is 0. The maximum atomic E-state index is 14.2. The van der Waals surface area contributed by atoms with Crippen molar-refractivity contribution < 1.29 is 32.2 Å². The topological polar surface area (TPSA) is 135 Å². The van der Waals surface area contributed by atoms with Crippen molar-refractivity contribution in [1.29, 1.82) is 0 Å². The van der Waals surface area contributed by atoms with Crippen molar-refractivity contribution in [2.45, 2.75) is 32.5 Å². The van der Waals surface area contributed by atoms with Crippen LogP contribution in [0.15, 0.2) is 47.3 Å². The average Bonchev–Trinajstić information content (AvgIpc) is 3.59. The number of ether oxygens (including phenoxy) is 2. The molecule has 0 bridgehead atoms. The highest BCUT2D eigenvalue weighted by atomic mass is 35.5. The van der Waals surface area contributed by atoms with Crippen molar-refractivity contribution >= 4 is 51.8 Å². The van der Waals surface area contributed by atoms with Crippen LogP contribution in [0.5, 0.6) is 5.75 Å². The molecule has 0 spiro atoms. The van der Waals surface area contributed by atoms with Crippen LogP contribution in [0.4, 0.5) is 30.2 Å². The third-order valence-electron chi connectivity index (χ3n) is 9.08. The van der Waals surface area contributed by atoms with Crippen molar-refractivity contribution in [3.63, 3.8) is 0 Å². The Balaban J connectivity index is 1.21. The Bertz CT molecular complexity index is 2110. The molecule has 5 heterocycles. The van der Waals surface area contributed by atoms with Crippen LogP contribution in [0.2, 0.25) is 5.02 Å². The zero-order chi connectivity index (χ0) is 35.9. The van der Waals surface area contributed by atoms with Crippen molar-refractivity contribution in [1.82, 2.24) is 24.1 Å². The number of nitrogens with one attached hydrogen (secondary N) is 2. The maximum Gasteiger partial charge on any atom is 0.416 e. The Labute approximate surface area is 294 Å². The summed E-state index contributed by atoms with van der Waals surface area (Å²) >= 11 is 6.13. The number of hydrogen-bond acceptors (Lipinski definition) is 9. The highest BCUT2D eigenvalue weighted by Crippen LogP contribution is 2.34. The van der Waals surface area contributed by atoms with Gasteiger partial charge in [0.1, 0.15) is 24.6 Å². The summed E-state index contributed by atoms with van der Waals surface area (Å²) in [5, 5.41) is 10.2. The normalized spacial score (nSPS) is 16.3. The fourth-order valence-electron chi connectivity index (χ4n) is 6.57. The van der Waals surface area contributed by atoms with E-state index < -0.39 is 23.2 Å². The Kier molecular flexibility index (Phi) is 9.37. The van der Waals surface area contributed by atoms with E-state index >= 15 is 0 Å². The van der Waals surface area contributed by atoms with E-state index in [0.29, 0.717) is 99.6 Å². The lowest BCUT2D eigenvalue weighted by molar-refractivity contribution is -0.137. The van der Waals surface area contributed by atoms with Crippen LogP contribution >= 0.6 is 11.6 Å². The molecular weight excluding hydrogens is 693 g/mol. The molecule has 3 aliphatic heterocycles. The number of piperazine rings is 1. The molecule has 4 aromatic rings. The highest BCUT2D eigenvalue weighted by molar-refractivity contribution is 6.33. The van der Waals surface area contributed by atoms with Gasteiger partial charge in [0.25, 0.3) is 11.5 Å². The Morgan fingerprint density at radius 1 is 1.10 bits per heavy atom. The molecule has 2 aromatic heterocycles. The lowest BCUT2D eigenvalue weighted by atomic mass is 10.1. The molecule has 2 N–H and O–H groups in total. The third kappa shape index (κ3) is 6.72. The number of nitrogens with zero attached hydrogens (tertiary/aromatic N) is 6. The van der Waals surface area contributed by atoms with E-state index in [4.69, 9.17) is 21.1 Å². The maximum absolute atomic E-state index is 14.2. The van der Waals surface area contributed by atoms with Crippen molar-refractivity contribution in [3.8, 4) is 5.75 Å². The molecule has 3 aliphatic rings. The molecular formula is C34H34ClF3N8O5. The number of alkyl halides is 3. The lowest BCUT2D eigenvalue weighted by Crippen LogP contribution is -2.51. The Morgan fingerprint density at radius 3 is 2.61 bits per heavy atom. The van der Waals surface area contributed by atoms with Gasteiger partial charge in [-0.05, 0) is 48.7 Å². The predicted octanol–water partition coefficient (Wildman–Crippen LogP) is 4.33. The Hall–Kier alpha value is -5.09. The first-order chi connectivity index (χ1) is 24.5. The van der Waals surface area contributed by atoms with E-state index in [1.165, 1.54) is 4.52 Å². The highest BCUT2D eigenvalue weighted by Gasteiger charge is 2.32. The van der Waals surface area contributed by atoms with Gasteiger partial charge in [-0.25, -0.2) is 0 Å². The van der Waals surface area contributed by atoms with Gasteiger partial charge in [-0.15, -0.1) is 5.10 Å². The molecule has 0 aliphatic carbocycles. The van der Waals surface area contributed by atoms with Crippen LogP contribution in [-0.2, 0) is 28.7 Å². The zero-order valence-corrected chi connectivity index (χ0v) is 28.3. The molecule has 0 radical (unpaired) electrons. The minimum Gasteiger partial charge on any atom is -0.490 e. The molecule has 7 rings (SSSR count). The van der Waals surface area contributed by atoms with Gasteiger partial charge in [0.15, 0.2) is 5.82 Å². The van der Waals surface area contributed by atoms with Crippen LogP contribution in [0.25, 0.3) is 11.4 Å². The standard InChI is InChI=1S/C34H34ClF3N8O5/c1-2-25-29(43-11-13-44(14-12-43)31(48)22-4-3-5-26-28(22)39-10-17-51-26)32(49)46-33(41-30(42-46)20-8-15-50-16-9-20)45(25)19-27(47)40-24-7-6-21(18-23(24)35)34(36,37)38/h3-8,18,39H,2,9-17,19H2,1H3,(H,40,47). The van der Waals surface area contributed by atoms with E-state index in [1.54, 1.807) is 21.6 Å². The lowest BCUT2D eigenvalue weighted by Gasteiger charge is -2.37. The number of para-hydroxylation sites is 1. The second-order valence-corrected chi connectivity index (χ2v) is 12.6. The third-order valence-corrected chi connectivity index (χ3v) is 9.40. The Morgan fingerprint density at radius 2 is 1.90 bits per heavy atom. The van der Waals surface area contributed by atoms with Gasteiger partial charge in [0.05, 0.1) is 46.4 Å². The molecule has 17 heteroatoms. The molecule has 2 amide bonds. The van der Waals surface area contributed by atoms with Crippen molar-refractivity contribution in [2.75, 3.05) is 68.1 Å². The summed E-state index contributed by atoms with van der Waals surface area (Å²) in [6.07, 6.45) is -1.89. The van der Waals surface area contributed by atoms with Gasteiger partial charge in [0, 0.05) is 32.7 Å². The first kappa shape index (κ1) is 34.4. The molecule has 268 valence electrons. The summed E-state index contributed by atoms with van der Waals surface area (Å²) in [6.45, 7) is 4.75. The number of halogens is 4. The van der Waals surface area contributed by atoms with Crippen LogP contribution in [-0.4, -0.2) is 88.4 Å².